The lowest BCUT2D eigenvalue weighted by Crippen LogP contribution is -2.36. The highest BCUT2D eigenvalue weighted by Gasteiger charge is 2.27. The number of H-pyrrole nitrogens is 1. The van der Waals surface area contributed by atoms with Crippen LogP contribution in [-0.2, 0) is 11.2 Å². The predicted molar refractivity (Wildman–Crippen MR) is 162 cm³/mol. The first-order valence-electron chi connectivity index (χ1n) is 12.8. The van der Waals surface area contributed by atoms with Crippen LogP contribution >= 0.6 is 11.8 Å². The summed E-state index contributed by atoms with van der Waals surface area (Å²) in [6, 6.07) is 5.82. The highest BCUT2D eigenvalue weighted by Crippen LogP contribution is 2.39. The first kappa shape index (κ1) is 28.2. The number of aliphatic imine (C=N–C) groups is 1. The van der Waals surface area contributed by atoms with Crippen LogP contribution in [0.3, 0.4) is 0 Å². The molecule has 1 aromatic carbocycles. The van der Waals surface area contributed by atoms with Gasteiger partial charge in [0, 0.05) is 44.0 Å². The number of aromatic amines is 1. The molecule has 1 aliphatic heterocycles. The summed E-state index contributed by atoms with van der Waals surface area (Å²) in [4.78, 5) is 33.6. The lowest BCUT2D eigenvalue weighted by molar-refractivity contribution is -0.119. The van der Waals surface area contributed by atoms with Crippen molar-refractivity contribution in [3.63, 3.8) is 0 Å². The number of methoxy groups -OCH3 is 1. The number of nitrogens with zero attached hydrogens (tertiary/aromatic N) is 5. The molecule has 12 heteroatoms. The topological polar surface area (TPSA) is 123 Å². The van der Waals surface area contributed by atoms with E-state index in [4.69, 9.17) is 14.7 Å². The van der Waals surface area contributed by atoms with Gasteiger partial charge in [0.05, 0.1) is 35.6 Å². The van der Waals surface area contributed by atoms with Gasteiger partial charge < -0.3 is 35.5 Å². The maximum Gasteiger partial charge on any atom is 0.241 e. The highest BCUT2D eigenvalue weighted by atomic mass is 32.2. The number of carbonyl (C=O) groups is 1. The van der Waals surface area contributed by atoms with Gasteiger partial charge in [-0.1, -0.05) is 13.8 Å². The molecular formula is C27H37N9O2S. The fourth-order valence-corrected chi connectivity index (χ4v) is 5.22. The monoisotopic (exact) mass is 551 g/mol. The van der Waals surface area contributed by atoms with E-state index in [-0.39, 0.29) is 5.91 Å². The van der Waals surface area contributed by atoms with E-state index >= 15 is 0 Å². The third-order valence-electron chi connectivity index (χ3n) is 6.04. The summed E-state index contributed by atoms with van der Waals surface area (Å²) in [5, 5.41) is 11.4. The number of ether oxygens (including phenoxy) is 1. The molecule has 3 heterocycles. The van der Waals surface area contributed by atoms with Crippen LogP contribution in [0.4, 0.5) is 23.1 Å². The van der Waals surface area contributed by atoms with E-state index < -0.39 is 0 Å². The summed E-state index contributed by atoms with van der Waals surface area (Å²) in [5.74, 6) is 1.71. The molecule has 1 amide bonds. The summed E-state index contributed by atoms with van der Waals surface area (Å²) < 4.78 is 5.70. The van der Waals surface area contributed by atoms with Crippen LogP contribution < -0.4 is 25.6 Å². The van der Waals surface area contributed by atoms with E-state index in [1.54, 1.807) is 32.1 Å². The van der Waals surface area contributed by atoms with Gasteiger partial charge in [-0.05, 0) is 44.3 Å². The van der Waals surface area contributed by atoms with E-state index in [0.29, 0.717) is 41.5 Å². The van der Waals surface area contributed by atoms with E-state index in [1.807, 2.05) is 55.3 Å². The molecule has 11 nitrogen and oxygen atoms in total. The minimum Gasteiger partial charge on any atom is -0.495 e. The third-order valence-corrected chi connectivity index (χ3v) is 7.17. The summed E-state index contributed by atoms with van der Waals surface area (Å²) in [5.41, 5.74) is 4.94. The average Bonchev–Trinajstić information content (AvgIpc) is 3.53. The van der Waals surface area contributed by atoms with Gasteiger partial charge in [-0.25, -0.2) is 4.98 Å². The Hall–Kier alpha value is -3.77. The summed E-state index contributed by atoms with van der Waals surface area (Å²) in [7, 11) is 9.04. The van der Waals surface area contributed by atoms with Gasteiger partial charge in [0.2, 0.25) is 11.9 Å². The number of benzene rings is 1. The minimum atomic E-state index is 0.0582. The van der Waals surface area contributed by atoms with Crippen LogP contribution in [0.25, 0.3) is 11.0 Å². The molecule has 2 aromatic heterocycles. The van der Waals surface area contributed by atoms with Gasteiger partial charge in [-0.2, -0.15) is 4.98 Å². The predicted octanol–water partition coefficient (Wildman–Crippen LogP) is 3.80. The molecule has 4 rings (SSSR count). The first-order chi connectivity index (χ1) is 18.7. The molecule has 0 unspecified atom stereocenters. The molecule has 0 saturated heterocycles. The van der Waals surface area contributed by atoms with Gasteiger partial charge in [0.15, 0.2) is 5.82 Å². The quantitative estimate of drug-likeness (QED) is 0.264. The van der Waals surface area contributed by atoms with Crippen LogP contribution in [0.5, 0.6) is 5.75 Å². The van der Waals surface area contributed by atoms with Crippen LogP contribution in [0, 0.1) is 0 Å². The Balaban J connectivity index is 1.72. The van der Waals surface area contributed by atoms with Crippen molar-refractivity contribution in [3.8, 4) is 5.75 Å². The number of nitrogens with one attached hydrogen (secondary N) is 4. The van der Waals surface area contributed by atoms with E-state index in [0.717, 1.165) is 39.4 Å². The summed E-state index contributed by atoms with van der Waals surface area (Å²) in [6.07, 6.45) is 4.38. The maximum absolute atomic E-state index is 12.9. The van der Waals surface area contributed by atoms with Crippen molar-refractivity contribution < 1.29 is 9.53 Å². The standard InChI is InChI=1S/C27H37N9O2S/c1-16(2)39-26(29-4)20(14-28-3)31-25-24-18(8-10-30-24)32-27(34-25)33-19-13-21-17(12-22(19)38-7)9-11-36(21)23(37)15-35(5)6/h8,10,12-14,16,29-30H,9,11,15H2,1-7H3,(H2,31,32,33,34). The molecule has 4 N–H and O–H groups in total. The fraction of sp³-hybridized carbons (Fsp3) is 0.407. The highest BCUT2D eigenvalue weighted by molar-refractivity contribution is 8.03. The number of hydrogen-bond acceptors (Lipinski definition) is 10. The molecule has 0 spiro atoms. The number of fused-ring (bicyclic) bond motifs is 2. The molecule has 0 radical (unpaired) electrons. The zero-order valence-corrected chi connectivity index (χ0v) is 24.4. The Morgan fingerprint density at radius 2 is 2.13 bits per heavy atom. The summed E-state index contributed by atoms with van der Waals surface area (Å²) >= 11 is 1.70. The number of allylic oxidation sites excluding steroid dienone is 1. The zero-order valence-electron chi connectivity index (χ0n) is 23.5. The third kappa shape index (κ3) is 6.45. The van der Waals surface area contributed by atoms with Gasteiger partial charge in [-0.3, -0.25) is 9.79 Å². The van der Waals surface area contributed by atoms with Crippen molar-refractivity contribution in [1.29, 1.82) is 0 Å². The second-order valence-electron chi connectivity index (χ2n) is 9.64. The Morgan fingerprint density at radius 3 is 2.79 bits per heavy atom. The van der Waals surface area contributed by atoms with Gasteiger partial charge in [0.1, 0.15) is 11.3 Å². The smallest absolute Gasteiger partial charge is 0.241 e. The molecule has 208 valence electrons. The first-order valence-corrected chi connectivity index (χ1v) is 13.7. The number of aromatic nitrogens is 3. The van der Waals surface area contributed by atoms with Crippen molar-refractivity contribution >= 4 is 58.1 Å². The van der Waals surface area contributed by atoms with Crippen LogP contribution in [0.15, 0.2) is 40.1 Å². The maximum atomic E-state index is 12.9. The number of hydrogen-bond donors (Lipinski definition) is 4. The summed E-state index contributed by atoms with van der Waals surface area (Å²) in [6.45, 7) is 5.26. The lowest BCUT2D eigenvalue weighted by Gasteiger charge is -2.21. The largest absolute Gasteiger partial charge is 0.495 e. The van der Waals surface area contributed by atoms with Gasteiger partial charge >= 0.3 is 0 Å². The molecular weight excluding hydrogens is 514 g/mol. The molecule has 0 saturated carbocycles. The molecule has 0 aliphatic carbocycles. The second-order valence-corrected chi connectivity index (χ2v) is 11.2. The van der Waals surface area contributed by atoms with Crippen LogP contribution in [0.1, 0.15) is 19.4 Å². The van der Waals surface area contributed by atoms with Crippen molar-refractivity contribution in [2.24, 2.45) is 4.99 Å². The Morgan fingerprint density at radius 1 is 1.33 bits per heavy atom. The van der Waals surface area contributed by atoms with E-state index in [9.17, 15) is 4.79 Å². The Labute approximate surface area is 233 Å². The van der Waals surface area contributed by atoms with Gasteiger partial charge in [-0.15, -0.1) is 11.8 Å². The Kier molecular flexibility index (Phi) is 8.97. The van der Waals surface area contributed by atoms with Crippen LogP contribution in [-0.4, -0.2) is 85.6 Å². The number of anilines is 4. The number of likely N-dealkylation sites (N-methyl/N-ethyl adjacent to an activating group) is 1. The van der Waals surface area contributed by atoms with Gasteiger partial charge in [0.25, 0.3) is 0 Å². The zero-order chi connectivity index (χ0) is 28.1. The number of thioether (sulfide) groups is 1. The molecule has 0 fully saturated rings. The van der Waals surface area contributed by atoms with Crippen molar-refractivity contribution in [3.05, 3.63) is 40.7 Å². The second kappa shape index (κ2) is 12.4. The van der Waals surface area contributed by atoms with E-state index in [2.05, 4.69) is 39.8 Å². The average molecular weight is 552 g/mol. The molecule has 1 aliphatic rings. The Bertz CT molecular complexity index is 1400. The van der Waals surface area contributed by atoms with Crippen molar-refractivity contribution in [2.45, 2.75) is 25.5 Å². The normalized spacial score (nSPS) is 13.8. The lowest BCUT2D eigenvalue weighted by atomic mass is 10.1. The number of rotatable bonds is 11. The molecule has 39 heavy (non-hydrogen) atoms. The number of carbonyl (C=O) groups excluding carboxylic acids is 1. The molecule has 0 atom stereocenters. The number of amides is 1. The molecule has 3 aromatic rings. The fourth-order valence-electron chi connectivity index (χ4n) is 4.41. The van der Waals surface area contributed by atoms with E-state index in [1.165, 1.54) is 0 Å². The minimum absolute atomic E-state index is 0.0582. The van der Waals surface area contributed by atoms with Crippen molar-refractivity contribution in [2.75, 3.05) is 63.9 Å². The SMILES string of the molecule is CN=CC(Nc1nc(Nc2cc3c(cc2OC)CCN3C(=O)CN(C)C)nc2cc[nH]c12)=C(NC)SC(C)C. The molecule has 0 bridgehead atoms. The van der Waals surface area contributed by atoms with Crippen molar-refractivity contribution in [1.82, 2.24) is 25.2 Å². The van der Waals surface area contributed by atoms with Crippen LogP contribution in [0.2, 0.25) is 0 Å².